The number of hydrogen-bond acceptors (Lipinski definition) is 2. The molecule has 1 aliphatic rings. The van der Waals surface area contributed by atoms with Crippen molar-refractivity contribution in [1.29, 1.82) is 0 Å². The second kappa shape index (κ2) is 6.60. The molecule has 1 N–H and O–H groups in total. The van der Waals surface area contributed by atoms with Crippen molar-refractivity contribution in [2.24, 2.45) is 10.9 Å². The van der Waals surface area contributed by atoms with E-state index in [0.717, 1.165) is 17.1 Å². The summed E-state index contributed by atoms with van der Waals surface area (Å²) in [5.41, 5.74) is 5.35. The smallest absolute Gasteiger partial charge is 0.120 e. The Hall–Kier alpha value is -1.42. The molecule has 0 saturated carbocycles. The van der Waals surface area contributed by atoms with Crippen molar-refractivity contribution in [3.63, 3.8) is 0 Å². The molecule has 0 spiro atoms. The van der Waals surface area contributed by atoms with E-state index >= 15 is 0 Å². The largest absolute Gasteiger partial charge is 0.285 e. The van der Waals surface area contributed by atoms with E-state index in [4.69, 9.17) is 34.8 Å². The summed E-state index contributed by atoms with van der Waals surface area (Å²) in [6.07, 6.45) is 0. The van der Waals surface area contributed by atoms with E-state index in [-0.39, 0.29) is 12.0 Å². The van der Waals surface area contributed by atoms with Gasteiger partial charge in [0.2, 0.25) is 0 Å². The molecule has 1 saturated heterocycles. The molecule has 3 nitrogen and oxygen atoms in total. The van der Waals surface area contributed by atoms with Gasteiger partial charge in [0.25, 0.3) is 0 Å². The average molecular weight is 369 g/mol. The van der Waals surface area contributed by atoms with Crippen LogP contribution in [0.4, 0.5) is 5.69 Å². The molecule has 2 atom stereocenters. The van der Waals surface area contributed by atoms with Gasteiger partial charge < -0.3 is 0 Å². The summed E-state index contributed by atoms with van der Waals surface area (Å²) in [7, 11) is 1.78. The number of amidine groups is 1. The van der Waals surface area contributed by atoms with Crippen LogP contribution < -0.4 is 10.4 Å². The number of hydrogen-bond donors (Lipinski definition) is 1. The summed E-state index contributed by atoms with van der Waals surface area (Å²) in [5.74, 6) is 1.10. The molecule has 3 rings (SSSR count). The number of hydrazine groups is 1. The molecule has 0 unspecified atom stereocenters. The van der Waals surface area contributed by atoms with Gasteiger partial charge >= 0.3 is 0 Å². The topological polar surface area (TPSA) is 27.6 Å². The van der Waals surface area contributed by atoms with Crippen LogP contribution in [-0.4, -0.2) is 12.9 Å². The molecule has 2 aromatic carbocycles. The number of anilines is 1. The van der Waals surface area contributed by atoms with Crippen LogP contribution in [0.1, 0.15) is 18.5 Å². The Morgan fingerprint density at radius 1 is 1.00 bits per heavy atom. The molecule has 1 heterocycles. The average Bonchev–Trinajstić information content (AvgIpc) is 2.85. The number of rotatable bonds is 2. The summed E-state index contributed by atoms with van der Waals surface area (Å²) < 4.78 is 0. The van der Waals surface area contributed by atoms with Gasteiger partial charge in [-0.3, -0.25) is 15.4 Å². The fraction of sp³-hybridized carbons (Fsp3) is 0.235. The van der Waals surface area contributed by atoms with Gasteiger partial charge in [-0.25, -0.2) is 0 Å². The third-order valence-corrected chi connectivity index (χ3v) is 4.83. The third-order valence-electron chi connectivity index (χ3n) is 4.04. The molecule has 6 heteroatoms. The molecule has 0 aromatic heterocycles. The van der Waals surface area contributed by atoms with Crippen LogP contribution in [0.2, 0.25) is 15.1 Å². The van der Waals surface area contributed by atoms with E-state index in [1.807, 2.05) is 41.4 Å². The maximum absolute atomic E-state index is 6.40. The fourth-order valence-electron chi connectivity index (χ4n) is 2.91. The van der Waals surface area contributed by atoms with E-state index < -0.39 is 0 Å². The summed E-state index contributed by atoms with van der Waals surface area (Å²) in [6, 6.07) is 13.4. The number of halogens is 3. The Morgan fingerprint density at radius 3 is 2.26 bits per heavy atom. The summed E-state index contributed by atoms with van der Waals surface area (Å²) in [5, 5.41) is 3.95. The number of benzene rings is 2. The van der Waals surface area contributed by atoms with E-state index in [2.05, 4.69) is 17.3 Å². The summed E-state index contributed by atoms with van der Waals surface area (Å²) in [4.78, 5) is 4.35. The Kier molecular flexibility index (Phi) is 4.72. The van der Waals surface area contributed by atoms with Crippen molar-refractivity contribution in [3.05, 3.63) is 63.1 Å². The first-order valence-corrected chi connectivity index (χ1v) is 8.37. The minimum absolute atomic E-state index is 0.0599. The monoisotopic (exact) mass is 367 g/mol. The van der Waals surface area contributed by atoms with Gasteiger partial charge in [-0.2, -0.15) is 0 Å². The lowest BCUT2D eigenvalue weighted by molar-refractivity contribution is 0.588. The van der Waals surface area contributed by atoms with Gasteiger partial charge in [0.1, 0.15) is 5.84 Å². The highest BCUT2D eigenvalue weighted by Crippen LogP contribution is 2.40. The van der Waals surface area contributed by atoms with Crippen LogP contribution in [0.5, 0.6) is 0 Å². The Bertz CT molecular complexity index is 743. The van der Waals surface area contributed by atoms with Crippen LogP contribution in [0.3, 0.4) is 0 Å². The lowest BCUT2D eigenvalue weighted by Gasteiger charge is -2.28. The molecule has 23 heavy (non-hydrogen) atoms. The first-order chi connectivity index (χ1) is 11.0. The molecule has 0 aliphatic carbocycles. The minimum Gasteiger partial charge on any atom is -0.285 e. The first kappa shape index (κ1) is 16.4. The van der Waals surface area contributed by atoms with Gasteiger partial charge in [-0.15, -0.1) is 0 Å². The zero-order chi connectivity index (χ0) is 16.6. The molecule has 0 bridgehead atoms. The molecule has 0 amide bonds. The van der Waals surface area contributed by atoms with Crippen molar-refractivity contribution in [2.45, 2.75) is 13.0 Å². The summed E-state index contributed by atoms with van der Waals surface area (Å²) >= 11 is 18.4. The molecule has 120 valence electrons. The Balaban J connectivity index is 2.07. The van der Waals surface area contributed by atoms with Crippen LogP contribution in [0.25, 0.3) is 0 Å². The highest BCUT2D eigenvalue weighted by atomic mass is 35.5. The van der Waals surface area contributed by atoms with E-state index in [0.29, 0.717) is 15.1 Å². The SMILES string of the molecule is CN=C1NN(c2ccc(Cl)cc2Cl)[C@H](c2ccc(Cl)cc2)[C@@H]1C. The van der Waals surface area contributed by atoms with Crippen LogP contribution in [-0.2, 0) is 0 Å². The van der Waals surface area contributed by atoms with Gasteiger partial charge in [-0.05, 0) is 35.9 Å². The Morgan fingerprint density at radius 2 is 1.65 bits per heavy atom. The van der Waals surface area contributed by atoms with E-state index in [9.17, 15) is 0 Å². The molecule has 0 radical (unpaired) electrons. The van der Waals surface area contributed by atoms with Gasteiger partial charge in [0.05, 0.1) is 16.8 Å². The lowest BCUT2D eigenvalue weighted by Crippen LogP contribution is -2.35. The normalized spacial score (nSPS) is 22.5. The zero-order valence-corrected chi connectivity index (χ0v) is 15.0. The zero-order valence-electron chi connectivity index (χ0n) is 12.7. The molecule has 2 aromatic rings. The second-order valence-corrected chi connectivity index (χ2v) is 6.75. The third kappa shape index (κ3) is 3.14. The summed E-state index contributed by atoms with van der Waals surface area (Å²) in [6.45, 7) is 2.14. The number of nitrogens with one attached hydrogen (secondary N) is 1. The maximum Gasteiger partial charge on any atom is 0.120 e. The van der Waals surface area contributed by atoms with Gasteiger partial charge in [-0.1, -0.05) is 53.9 Å². The first-order valence-electron chi connectivity index (χ1n) is 7.24. The van der Waals surface area contributed by atoms with Crippen LogP contribution in [0.15, 0.2) is 47.5 Å². The van der Waals surface area contributed by atoms with Crippen LogP contribution in [0, 0.1) is 5.92 Å². The fourth-order valence-corrected chi connectivity index (χ4v) is 3.53. The van der Waals surface area contributed by atoms with Crippen molar-refractivity contribution in [1.82, 2.24) is 5.43 Å². The Labute approximate surface area is 150 Å². The van der Waals surface area contributed by atoms with E-state index in [1.165, 1.54) is 0 Å². The van der Waals surface area contributed by atoms with Crippen molar-refractivity contribution in [3.8, 4) is 0 Å². The number of aliphatic imine (C=N–C) groups is 1. The molecule has 1 fully saturated rings. The molecular formula is C17H16Cl3N3. The number of nitrogens with zero attached hydrogens (tertiary/aromatic N) is 2. The quantitative estimate of drug-likeness (QED) is 0.771. The van der Waals surface area contributed by atoms with Crippen molar-refractivity contribution >= 4 is 46.3 Å². The van der Waals surface area contributed by atoms with Crippen molar-refractivity contribution in [2.75, 3.05) is 12.1 Å². The van der Waals surface area contributed by atoms with E-state index in [1.54, 1.807) is 13.1 Å². The van der Waals surface area contributed by atoms with Gasteiger partial charge in [0, 0.05) is 23.0 Å². The predicted molar refractivity (Wildman–Crippen MR) is 98.8 cm³/mol. The highest BCUT2D eigenvalue weighted by molar-refractivity contribution is 6.36. The highest BCUT2D eigenvalue weighted by Gasteiger charge is 2.38. The van der Waals surface area contributed by atoms with Gasteiger partial charge in [0.15, 0.2) is 0 Å². The lowest BCUT2D eigenvalue weighted by atomic mass is 9.94. The molecule has 1 aliphatic heterocycles. The van der Waals surface area contributed by atoms with Crippen LogP contribution >= 0.6 is 34.8 Å². The standard InChI is InChI=1S/C17H16Cl3N3/c1-10-16(11-3-5-12(18)6-4-11)23(22-17(10)21-2)15-8-7-13(19)9-14(15)20/h3-10,16H,1-2H3,(H,21,22)/t10-,16-/m0/s1. The minimum atomic E-state index is 0.0599. The second-order valence-electron chi connectivity index (χ2n) is 5.47. The molecular weight excluding hydrogens is 353 g/mol. The van der Waals surface area contributed by atoms with Crippen molar-refractivity contribution < 1.29 is 0 Å². The maximum atomic E-state index is 6.40. The predicted octanol–water partition coefficient (Wildman–Crippen LogP) is 5.38.